The SMILES string of the molecule is CC(C)C1(C)CCC2CCCCC2C1. The topological polar surface area (TPSA) is 0 Å². The van der Waals surface area contributed by atoms with Gasteiger partial charge in [-0.05, 0) is 42.4 Å². The summed E-state index contributed by atoms with van der Waals surface area (Å²) in [7, 11) is 0. The summed E-state index contributed by atoms with van der Waals surface area (Å²) in [5, 5.41) is 0. The summed E-state index contributed by atoms with van der Waals surface area (Å²) >= 11 is 0. The Hall–Kier alpha value is 0. The van der Waals surface area contributed by atoms with E-state index in [1.54, 1.807) is 6.42 Å². The van der Waals surface area contributed by atoms with Gasteiger partial charge in [0.1, 0.15) is 0 Å². The summed E-state index contributed by atoms with van der Waals surface area (Å²) in [6.45, 7) is 7.37. The van der Waals surface area contributed by atoms with E-state index in [2.05, 4.69) is 20.8 Å². The van der Waals surface area contributed by atoms with E-state index in [1.807, 2.05) is 0 Å². The van der Waals surface area contributed by atoms with Gasteiger partial charge >= 0.3 is 0 Å². The molecule has 0 N–H and O–H groups in total. The van der Waals surface area contributed by atoms with Crippen molar-refractivity contribution in [3.63, 3.8) is 0 Å². The number of rotatable bonds is 1. The fourth-order valence-corrected chi connectivity index (χ4v) is 3.67. The third-order valence-electron chi connectivity index (χ3n) is 5.28. The Morgan fingerprint density at radius 3 is 2.29 bits per heavy atom. The molecule has 0 aromatic carbocycles. The second-order valence-corrected chi connectivity index (χ2v) is 6.36. The molecule has 0 aromatic rings. The maximum atomic E-state index is 2.53. The van der Waals surface area contributed by atoms with Gasteiger partial charge in [0.2, 0.25) is 0 Å². The molecule has 0 amide bonds. The van der Waals surface area contributed by atoms with Crippen LogP contribution in [0.15, 0.2) is 0 Å². The van der Waals surface area contributed by atoms with Gasteiger partial charge in [-0.1, -0.05) is 46.5 Å². The summed E-state index contributed by atoms with van der Waals surface area (Å²) in [6, 6.07) is 0. The van der Waals surface area contributed by atoms with Crippen LogP contribution in [0.1, 0.15) is 65.7 Å². The lowest BCUT2D eigenvalue weighted by Crippen LogP contribution is -2.36. The molecule has 0 saturated heterocycles. The minimum Gasteiger partial charge on any atom is -0.0623 e. The summed E-state index contributed by atoms with van der Waals surface area (Å²) in [6.07, 6.45) is 10.6. The molecule has 0 aliphatic heterocycles. The van der Waals surface area contributed by atoms with Crippen molar-refractivity contribution in [3.8, 4) is 0 Å². The summed E-state index contributed by atoms with van der Waals surface area (Å²) in [5.41, 5.74) is 0.665. The van der Waals surface area contributed by atoms with E-state index in [4.69, 9.17) is 0 Å². The fraction of sp³-hybridized carbons (Fsp3) is 1.00. The summed E-state index contributed by atoms with van der Waals surface area (Å²) < 4.78 is 0. The van der Waals surface area contributed by atoms with Gasteiger partial charge in [-0.2, -0.15) is 0 Å². The van der Waals surface area contributed by atoms with Gasteiger partial charge in [-0.25, -0.2) is 0 Å². The Kier molecular flexibility index (Phi) is 2.91. The Bertz CT molecular complexity index is 194. The van der Waals surface area contributed by atoms with E-state index in [1.165, 1.54) is 38.5 Å². The maximum absolute atomic E-state index is 2.53. The highest BCUT2D eigenvalue weighted by atomic mass is 14.4. The van der Waals surface area contributed by atoms with Crippen LogP contribution in [0.3, 0.4) is 0 Å². The summed E-state index contributed by atoms with van der Waals surface area (Å²) in [4.78, 5) is 0. The number of hydrogen-bond donors (Lipinski definition) is 0. The van der Waals surface area contributed by atoms with Crippen LogP contribution in [0.25, 0.3) is 0 Å². The minimum atomic E-state index is 0.665. The number of fused-ring (bicyclic) bond motifs is 1. The minimum absolute atomic E-state index is 0.665. The van der Waals surface area contributed by atoms with Crippen molar-refractivity contribution in [2.45, 2.75) is 65.7 Å². The zero-order valence-corrected chi connectivity index (χ0v) is 10.2. The Morgan fingerprint density at radius 1 is 1.00 bits per heavy atom. The van der Waals surface area contributed by atoms with Crippen molar-refractivity contribution >= 4 is 0 Å². The van der Waals surface area contributed by atoms with E-state index in [-0.39, 0.29) is 0 Å². The maximum Gasteiger partial charge on any atom is -0.0300 e. The number of hydrogen-bond acceptors (Lipinski definition) is 0. The molecule has 2 aliphatic rings. The van der Waals surface area contributed by atoms with Gasteiger partial charge in [-0.3, -0.25) is 0 Å². The van der Waals surface area contributed by atoms with Crippen LogP contribution in [0.2, 0.25) is 0 Å². The molecule has 0 bridgehead atoms. The Balaban J connectivity index is 2.02. The molecular weight excluding hydrogens is 168 g/mol. The van der Waals surface area contributed by atoms with Gasteiger partial charge in [0.15, 0.2) is 0 Å². The molecule has 0 heteroatoms. The van der Waals surface area contributed by atoms with Crippen molar-refractivity contribution in [1.29, 1.82) is 0 Å². The zero-order valence-electron chi connectivity index (χ0n) is 10.2. The van der Waals surface area contributed by atoms with Crippen LogP contribution < -0.4 is 0 Å². The smallest absolute Gasteiger partial charge is 0.0300 e. The van der Waals surface area contributed by atoms with Crippen LogP contribution >= 0.6 is 0 Å². The summed E-state index contributed by atoms with van der Waals surface area (Å²) in [5.74, 6) is 3.07. The standard InChI is InChI=1S/C14H26/c1-11(2)14(3)9-8-12-6-4-5-7-13(12)10-14/h11-13H,4-10H2,1-3H3. The first-order valence-electron chi connectivity index (χ1n) is 6.62. The molecule has 0 heterocycles. The van der Waals surface area contributed by atoms with Crippen molar-refractivity contribution < 1.29 is 0 Å². The zero-order chi connectivity index (χ0) is 10.2. The highest BCUT2D eigenvalue weighted by Gasteiger charge is 2.39. The molecule has 0 aromatic heterocycles. The van der Waals surface area contributed by atoms with Crippen LogP contribution in [-0.4, -0.2) is 0 Å². The molecule has 14 heavy (non-hydrogen) atoms. The molecular formula is C14H26. The molecule has 0 spiro atoms. The first-order valence-corrected chi connectivity index (χ1v) is 6.62. The van der Waals surface area contributed by atoms with Crippen molar-refractivity contribution in [2.24, 2.45) is 23.2 Å². The monoisotopic (exact) mass is 194 g/mol. The lowest BCUT2D eigenvalue weighted by molar-refractivity contribution is 0.0383. The second-order valence-electron chi connectivity index (χ2n) is 6.36. The fourth-order valence-electron chi connectivity index (χ4n) is 3.67. The molecule has 2 aliphatic carbocycles. The van der Waals surface area contributed by atoms with Crippen molar-refractivity contribution in [3.05, 3.63) is 0 Å². The van der Waals surface area contributed by atoms with E-state index in [9.17, 15) is 0 Å². The average Bonchev–Trinajstić information content (AvgIpc) is 2.17. The Labute approximate surface area is 89.5 Å². The van der Waals surface area contributed by atoms with Crippen LogP contribution in [0.4, 0.5) is 0 Å². The van der Waals surface area contributed by atoms with Gasteiger partial charge < -0.3 is 0 Å². The van der Waals surface area contributed by atoms with E-state index >= 15 is 0 Å². The van der Waals surface area contributed by atoms with Gasteiger partial charge in [0.25, 0.3) is 0 Å². The molecule has 0 nitrogen and oxygen atoms in total. The molecule has 2 rings (SSSR count). The Morgan fingerprint density at radius 2 is 1.64 bits per heavy atom. The van der Waals surface area contributed by atoms with Crippen LogP contribution in [0.5, 0.6) is 0 Å². The average molecular weight is 194 g/mol. The molecule has 0 radical (unpaired) electrons. The molecule has 2 fully saturated rings. The highest BCUT2D eigenvalue weighted by molar-refractivity contribution is 4.90. The quantitative estimate of drug-likeness (QED) is 0.570. The predicted octanol–water partition coefficient (Wildman–Crippen LogP) is 4.64. The molecule has 82 valence electrons. The molecule has 3 unspecified atom stereocenters. The molecule has 2 saturated carbocycles. The second kappa shape index (κ2) is 3.87. The lowest BCUT2D eigenvalue weighted by atomic mass is 9.58. The highest BCUT2D eigenvalue weighted by Crippen LogP contribution is 2.51. The van der Waals surface area contributed by atoms with Gasteiger partial charge in [-0.15, -0.1) is 0 Å². The predicted molar refractivity (Wildman–Crippen MR) is 62.2 cm³/mol. The van der Waals surface area contributed by atoms with Gasteiger partial charge in [0, 0.05) is 0 Å². The third kappa shape index (κ3) is 1.85. The third-order valence-corrected chi connectivity index (χ3v) is 5.28. The van der Waals surface area contributed by atoms with Crippen molar-refractivity contribution in [2.75, 3.05) is 0 Å². The first-order chi connectivity index (χ1) is 6.62. The van der Waals surface area contributed by atoms with E-state index < -0.39 is 0 Å². The lowest BCUT2D eigenvalue weighted by Gasteiger charge is -2.47. The first kappa shape index (κ1) is 10.5. The van der Waals surface area contributed by atoms with Crippen LogP contribution in [-0.2, 0) is 0 Å². The molecule has 3 atom stereocenters. The van der Waals surface area contributed by atoms with Crippen molar-refractivity contribution in [1.82, 2.24) is 0 Å². The normalized spacial score (nSPS) is 43.7. The largest absolute Gasteiger partial charge is 0.0623 e. The van der Waals surface area contributed by atoms with E-state index in [0.717, 1.165) is 17.8 Å². The van der Waals surface area contributed by atoms with E-state index in [0.29, 0.717) is 5.41 Å². The van der Waals surface area contributed by atoms with Crippen LogP contribution in [0, 0.1) is 23.2 Å². The van der Waals surface area contributed by atoms with Gasteiger partial charge in [0.05, 0.1) is 0 Å².